The summed E-state index contributed by atoms with van der Waals surface area (Å²) in [5, 5.41) is 0. The van der Waals surface area contributed by atoms with Gasteiger partial charge in [-0.05, 0) is 39.7 Å². The molecular weight excluding hydrogens is 234 g/mol. The molecule has 4 nitrogen and oxygen atoms in total. The molecule has 0 spiro atoms. The van der Waals surface area contributed by atoms with Gasteiger partial charge >= 0.3 is 9.53 Å². The van der Waals surface area contributed by atoms with Gasteiger partial charge in [-0.2, -0.15) is 0 Å². The topological polar surface area (TPSA) is 53.7 Å². The number of hydrogen-bond acceptors (Lipinski definition) is 4. The maximum atomic E-state index is 5.97. The number of rotatable bonds is 12. The standard InChI is InChI=1S/C12H29NO3Si/c1-4-7-9-12(10-8-11-13)16-17(14-5-2)15-6-3/h12,17H,4-11,13H2,1-3H3. The van der Waals surface area contributed by atoms with Crippen LogP contribution in [0.15, 0.2) is 0 Å². The quantitative estimate of drug-likeness (QED) is 0.548. The van der Waals surface area contributed by atoms with Crippen molar-refractivity contribution >= 4 is 9.53 Å². The first-order valence-corrected chi connectivity index (χ1v) is 8.28. The zero-order chi connectivity index (χ0) is 12.9. The molecule has 0 aliphatic rings. The predicted molar refractivity (Wildman–Crippen MR) is 73.1 cm³/mol. The molecule has 0 amide bonds. The largest absolute Gasteiger partial charge is 0.484 e. The van der Waals surface area contributed by atoms with E-state index in [1.165, 1.54) is 12.8 Å². The van der Waals surface area contributed by atoms with Gasteiger partial charge in [0.2, 0.25) is 0 Å². The van der Waals surface area contributed by atoms with E-state index in [9.17, 15) is 0 Å². The van der Waals surface area contributed by atoms with E-state index in [2.05, 4.69) is 6.92 Å². The minimum absolute atomic E-state index is 0.258. The first kappa shape index (κ1) is 17.1. The molecule has 5 heteroatoms. The van der Waals surface area contributed by atoms with Gasteiger partial charge in [-0.3, -0.25) is 0 Å². The van der Waals surface area contributed by atoms with E-state index in [1.54, 1.807) is 0 Å². The highest BCUT2D eigenvalue weighted by Gasteiger charge is 2.19. The molecular formula is C12H29NO3Si. The van der Waals surface area contributed by atoms with Crippen molar-refractivity contribution in [2.75, 3.05) is 19.8 Å². The Balaban J connectivity index is 4.04. The highest BCUT2D eigenvalue weighted by atomic mass is 28.3. The zero-order valence-corrected chi connectivity index (χ0v) is 12.8. The van der Waals surface area contributed by atoms with Crippen molar-refractivity contribution in [3.8, 4) is 0 Å². The molecule has 104 valence electrons. The summed E-state index contributed by atoms with van der Waals surface area (Å²) in [6.45, 7) is 8.19. The van der Waals surface area contributed by atoms with Crippen LogP contribution in [-0.4, -0.2) is 35.4 Å². The Hall–Kier alpha value is 0.0569. The van der Waals surface area contributed by atoms with E-state index in [0.717, 1.165) is 25.8 Å². The SMILES string of the molecule is CCCCC(CCCN)O[SiH](OCC)OCC. The lowest BCUT2D eigenvalue weighted by Gasteiger charge is -2.23. The normalized spacial score (nSPS) is 13.2. The molecule has 1 unspecified atom stereocenters. The fourth-order valence-corrected chi connectivity index (χ4v) is 3.00. The summed E-state index contributed by atoms with van der Waals surface area (Å²) in [6, 6.07) is 0. The highest BCUT2D eigenvalue weighted by Crippen LogP contribution is 2.13. The Kier molecular flexibility index (Phi) is 12.6. The van der Waals surface area contributed by atoms with Gasteiger partial charge in [-0.15, -0.1) is 0 Å². The molecule has 0 saturated carbocycles. The summed E-state index contributed by atoms with van der Waals surface area (Å²) in [5.41, 5.74) is 5.55. The maximum Gasteiger partial charge on any atom is 0.484 e. The Bertz CT molecular complexity index is 147. The van der Waals surface area contributed by atoms with Crippen LogP contribution < -0.4 is 5.73 Å². The van der Waals surface area contributed by atoms with Crippen LogP contribution >= 0.6 is 0 Å². The van der Waals surface area contributed by atoms with Gasteiger partial charge in [0.1, 0.15) is 0 Å². The van der Waals surface area contributed by atoms with E-state index in [1.807, 2.05) is 13.8 Å². The van der Waals surface area contributed by atoms with Gasteiger partial charge in [0.25, 0.3) is 0 Å². The molecule has 0 radical (unpaired) electrons. The van der Waals surface area contributed by atoms with Crippen LogP contribution in [0.5, 0.6) is 0 Å². The smallest absolute Gasteiger partial charge is 0.376 e. The molecule has 0 aromatic heterocycles. The Labute approximate surface area is 108 Å². The molecule has 17 heavy (non-hydrogen) atoms. The molecule has 0 bridgehead atoms. The summed E-state index contributed by atoms with van der Waals surface area (Å²) in [5.74, 6) is 0. The average Bonchev–Trinajstić information content (AvgIpc) is 2.33. The second-order valence-corrected chi connectivity index (χ2v) is 5.55. The first-order chi connectivity index (χ1) is 8.28. The minimum Gasteiger partial charge on any atom is -0.376 e. The second kappa shape index (κ2) is 12.5. The van der Waals surface area contributed by atoms with Crippen LogP contribution in [0.2, 0.25) is 0 Å². The van der Waals surface area contributed by atoms with Gasteiger partial charge in [-0.25, -0.2) is 0 Å². The molecule has 0 rings (SSSR count). The average molecular weight is 263 g/mol. The van der Waals surface area contributed by atoms with E-state index in [4.69, 9.17) is 19.0 Å². The third-order valence-corrected chi connectivity index (χ3v) is 4.34. The lowest BCUT2D eigenvalue weighted by Crippen LogP contribution is -2.32. The first-order valence-electron chi connectivity index (χ1n) is 6.87. The lowest BCUT2D eigenvalue weighted by molar-refractivity contribution is 0.0542. The number of hydrogen-bond donors (Lipinski definition) is 1. The van der Waals surface area contributed by atoms with Crippen LogP contribution in [-0.2, 0) is 13.3 Å². The van der Waals surface area contributed by atoms with Crippen LogP contribution in [0.1, 0.15) is 52.9 Å². The highest BCUT2D eigenvalue weighted by molar-refractivity contribution is 6.36. The van der Waals surface area contributed by atoms with Crippen molar-refractivity contribution in [2.45, 2.75) is 59.0 Å². The third-order valence-electron chi connectivity index (χ3n) is 2.52. The Morgan fingerprint density at radius 3 is 2.06 bits per heavy atom. The fraction of sp³-hybridized carbons (Fsp3) is 1.00. The van der Waals surface area contributed by atoms with Gasteiger partial charge in [0.15, 0.2) is 0 Å². The predicted octanol–water partition coefficient (Wildman–Crippen LogP) is 2.09. The second-order valence-electron chi connectivity index (χ2n) is 4.03. The van der Waals surface area contributed by atoms with Crippen LogP contribution in [0, 0.1) is 0 Å². The fourth-order valence-electron chi connectivity index (χ4n) is 1.61. The van der Waals surface area contributed by atoms with Crippen molar-refractivity contribution in [3.05, 3.63) is 0 Å². The summed E-state index contributed by atoms with van der Waals surface area (Å²) in [4.78, 5) is 0. The molecule has 2 N–H and O–H groups in total. The monoisotopic (exact) mass is 263 g/mol. The molecule has 1 atom stereocenters. The van der Waals surface area contributed by atoms with Crippen molar-refractivity contribution in [3.63, 3.8) is 0 Å². The summed E-state index contributed by atoms with van der Waals surface area (Å²) < 4.78 is 17.0. The lowest BCUT2D eigenvalue weighted by atomic mass is 10.1. The minimum atomic E-state index is -1.92. The van der Waals surface area contributed by atoms with E-state index in [-0.39, 0.29) is 6.10 Å². The van der Waals surface area contributed by atoms with Crippen molar-refractivity contribution in [1.82, 2.24) is 0 Å². The van der Waals surface area contributed by atoms with Crippen LogP contribution in [0.4, 0.5) is 0 Å². The van der Waals surface area contributed by atoms with Crippen molar-refractivity contribution in [2.24, 2.45) is 5.73 Å². The molecule has 0 aromatic rings. The molecule has 0 fully saturated rings. The molecule has 0 aliphatic carbocycles. The molecule has 0 heterocycles. The van der Waals surface area contributed by atoms with Gasteiger partial charge in [0.05, 0.1) is 0 Å². The Morgan fingerprint density at radius 2 is 1.59 bits per heavy atom. The third kappa shape index (κ3) is 9.73. The summed E-state index contributed by atoms with van der Waals surface area (Å²) in [7, 11) is -1.92. The molecule has 0 aromatic carbocycles. The van der Waals surface area contributed by atoms with Gasteiger partial charge in [-0.1, -0.05) is 19.8 Å². The van der Waals surface area contributed by atoms with Gasteiger partial charge in [0, 0.05) is 19.3 Å². The van der Waals surface area contributed by atoms with E-state index in [0.29, 0.717) is 13.2 Å². The number of unbranched alkanes of at least 4 members (excludes halogenated alkanes) is 1. The van der Waals surface area contributed by atoms with E-state index < -0.39 is 9.53 Å². The summed E-state index contributed by atoms with van der Waals surface area (Å²) in [6.07, 6.45) is 5.74. The molecule has 0 saturated heterocycles. The van der Waals surface area contributed by atoms with E-state index >= 15 is 0 Å². The summed E-state index contributed by atoms with van der Waals surface area (Å²) >= 11 is 0. The van der Waals surface area contributed by atoms with Crippen LogP contribution in [0.25, 0.3) is 0 Å². The zero-order valence-electron chi connectivity index (χ0n) is 11.6. The van der Waals surface area contributed by atoms with Crippen LogP contribution in [0.3, 0.4) is 0 Å². The Morgan fingerprint density at radius 1 is 1.00 bits per heavy atom. The maximum absolute atomic E-state index is 5.97. The molecule has 0 aliphatic heterocycles. The van der Waals surface area contributed by atoms with Gasteiger partial charge < -0.3 is 19.0 Å². The number of nitrogens with two attached hydrogens (primary N) is 1. The van der Waals surface area contributed by atoms with Crippen molar-refractivity contribution < 1.29 is 13.3 Å². The van der Waals surface area contributed by atoms with Crippen molar-refractivity contribution in [1.29, 1.82) is 0 Å².